The van der Waals surface area contributed by atoms with Gasteiger partial charge in [0.15, 0.2) is 6.10 Å². The van der Waals surface area contributed by atoms with Gasteiger partial charge in [0.2, 0.25) is 0 Å². The standard InChI is InChI=1S/C69H120O6/c1-4-7-10-13-16-19-22-25-28-30-31-32-33-34-35-36-37-39-41-44-47-50-53-56-59-62-68(71)74-65-66(64-73-67(70)61-58-55-52-49-46-43-40-27-24-21-18-15-12-9-6-3)75-69(72)63-60-57-54-51-48-45-42-38-29-26-23-20-17-14-11-8-5-2/h8-9,11-12,17-18,20-21,26-27,29-31,40,66H,4-7,10,13-16,19,22-25,28,32-39,41-65H2,1-3H3/b11-8-,12-9-,20-17-,21-18-,29-26-,31-30-,40-27-. The van der Waals surface area contributed by atoms with Crippen LogP contribution in [-0.4, -0.2) is 37.2 Å². The normalized spacial score (nSPS) is 12.6. The van der Waals surface area contributed by atoms with Gasteiger partial charge in [-0.25, -0.2) is 0 Å². The molecule has 0 bridgehead atoms. The highest BCUT2D eigenvalue weighted by atomic mass is 16.6. The van der Waals surface area contributed by atoms with Crippen LogP contribution < -0.4 is 0 Å². The number of unbranched alkanes of at least 4 members (excludes halogenated alkanes) is 33. The van der Waals surface area contributed by atoms with E-state index in [0.717, 1.165) is 122 Å². The number of carbonyl (C=O) groups excluding carboxylic acids is 3. The van der Waals surface area contributed by atoms with Gasteiger partial charge in [-0.1, -0.05) is 273 Å². The van der Waals surface area contributed by atoms with E-state index in [0.29, 0.717) is 19.3 Å². The smallest absolute Gasteiger partial charge is 0.306 e. The predicted octanol–water partition coefficient (Wildman–Crippen LogP) is 21.9. The number of allylic oxidation sites excluding steroid dienone is 14. The predicted molar refractivity (Wildman–Crippen MR) is 325 cm³/mol. The third-order valence-electron chi connectivity index (χ3n) is 13.9. The Bertz CT molecular complexity index is 1430. The summed E-state index contributed by atoms with van der Waals surface area (Å²) >= 11 is 0. The highest BCUT2D eigenvalue weighted by molar-refractivity contribution is 5.71. The molecule has 0 spiro atoms. The van der Waals surface area contributed by atoms with E-state index >= 15 is 0 Å². The molecule has 0 aliphatic heterocycles. The molecule has 0 aliphatic carbocycles. The summed E-state index contributed by atoms with van der Waals surface area (Å²) in [4.78, 5) is 38.3. The van der Waals surface area contributed by atoms with Crippen molar-refractivity contribution in [3.8, 4) is 0 Å². The fourth-order valence-corrected chi connectivity index (χ4v) is 9.12. The Labute approximate surface area is 465 Å². The number of ether oxygens (including phenoxy) is 3. The minimum Gasteiger partial charge on any atom is -0.462 e. The second kappa shape index (κ2) is 63.1. The Morgan fingerprint density at radius 2 is 0.520 bits per heavy atom. The lowest BCUT2D eigenvalue weighted by molar-refractivity contribution is -0.167. The number of hydrogen-bond donors (Lipinski definition) is 0. The first-order chi connectivity index (χ1) is 37.0. The zero-order chi connectivity index (χ0) is 54.3. The van der Waals surface area contributed by atoms with Crippen molar-refractivity contribution in [2.45, 2.75) is 322 Å². The monoisotopic (exact) mass is 1040 g/mol. The fourth-order valence-electron chi connectivity index (χ4n) is 9.12. The van der Waals surface area contributed by atoms with Gasteiger partial charge in [0.05, 0.1) is 0 Å². The molecular weight excluding hydrogens is 925 g/mol. The molecule has 0 aromatic rings. The van der Waals surface area contributed by atoms with Gasteiger partial charge in [0.25, 0.3) is 0 Å². The Balaban J connectivity index is 4.32. The van der Waals surface area contributed by atoms with Crippen molar-refractivity contribution < 1.29 is 28.6 Å². The molecule has 0 aromatic carbocycles. The fraction of sp³-hybridized carbons (Fsp3) is 0.754. The molecule has 6 nitrogen and oxygen atoms in total. The highest BCUT2D eigenvalue weighted by Crippen LogP contribution is 2.16. The molecule has 1 unspecified atom stereocenters. The van der Waals surface area contributed by atoms with Gasteiger partial charge in [0.1, 0.15) is 13.2 Å². The quantitative estimate of drug-likeness (QED) is 0.0261. The molecule has 0 saturated carbocycles. The van der Waals surface area contributed by atoms with Crippen molar-refractivity contribution in [1.29, 1.82) is 0 Å². The molecule has 432 valence electrons. The zero-order valence-corrected chi connectivity index (χ0v) is 49.6. The zero-order valence-electron chi connectivity index (χ0n) is 49.6. The van der Waals surface area contributed by atoms with Gasteiger partial charge in [-0.3, -0.25) is 14.4 Å². The third kappa shape index (κ3) is 61.3. The second-order valence-electron chi connectivity index (χ2n) is 21.3. The van der Waals surface area contributed by atoms with E-state index in [1.807, 2.05) is 0 Å². The first kappa shape index (κ1) is 71.6. The lowest BCUT2D eigenvalue weighted by Gasteiger charge is -2.18. The number of esters is 3. The summed E-state index contributed by atoms with van der Waals surface area (Å²) in [5.41, 5.74) is 0. The van der Waals surface area contributed by atoms with Crippen LogP contribution in [0.1, 0.15) is 316 Å². The third-order valence-corrected chi connectivity index (χ3v) is 13.9. The summed E-state index contributed by atoms with van der Waals surface area (Å²) in [5, 5.41) is 0. The molecular formula is C69H120O6. The summed E-state index contributed by atoms with van der Waals surface area (Å²) in [5.74, 6) is -0.901. The number of carbonyl (C=O) groups is 3. The lowest BCUT2D eigenvalue weighted by Crippen LogP contribution is -2.30. The second-order valence-corrected chi connectivity index (χ2v) is 21.3. The summed E-state index contributed by atoms with van der Waals surface area (Å²) in [6, 6.07) is 0. The lowest BCUT2D eigenvalue weighted by atomic mass is 10.0. The maximum Gasteiger partial charge on any atom is 0.306 e. The molecule has 75 heavy (non-hydrogen) atoms. The minimum atomic E-state index is -0.790. The van der Waals surface area contributed by atoms with E-state index in [-0.39, 0.29) is 31.1 Å². The van der Waals surface area contributed by atoms with Crippen molar-refractivity contribution in [3.05, 3.63) is 85.1 Å². The summed E-state index contributed by atoms with van der Waals surface area (Å²) in [7, 11) is 0. The Kier molecular flexibility index (Phi) is 60.3. The highest BCUT2D eigenvalue weighted by Gasteiger charge is 2.19. The minimum absolute atomic E-state index is 0.0851. The van der Waals surface area contributed by atoms with Crippen LogP contribution in [0, 0.1) is 0 Å². The van der Waals surface area contributed by atoms with Crippen LogP contribution >= 0.6 is 0 Å². The van der Waals surface area contributed by atoms with Crippen LogP contribution in [0.5, 0.6) is 0 Å². The Morgan fingerprint density at radius 1 is 0.280 bits per heavy atom. The van der Waals surface area contributed by atoms with Crippen molar-refractivity contribution in [1.82, 2.24) is 0 Å². The molecule has 0 amide bonds. The first-order valence-corrected chi connectivity index (χ1v) is 32.1. The topological polar surface area (TPSA) is 78.9 Å². The van der Waals surface area contributed by atoms with Crippen LogP contribution in [-0.2, 0) is 28.6 Å². The molecule has 1 atom stereocenters. The van der Waals surface area contributed by atoms with E-state index in [2.05, 4.69) is 106 Å². The van der Waals surface area contributed by atoms with E-state index in [4.69, 9.17) is 14.2 Å². The van der Waals surface area contributed by atoms with Crippen LogP contribution in [0.15, 0.2) is 85.1 Å². The average molecular weight is 1050 g/mol. The maximum absolute atomic E-state index is 12.9. The van der Waals surface area contributed by atoms with Crippen molar-refractivity contribution in [2.75, 3.05) is 13.2 Å². The molecule has 0 radical (unpaired) electrons. The van der Waals surface area contributed by atoms with Gasteiger partial charge >= 0.3 is 17.9 Å². The molecule has 0 fully saturated rings. The molecule has 0 rings (SSSR count). The molecule has 0 aromatic heterocycles. The van der Waals surface area contributed by atoms with Crippen LogP contribution in [0.3, 0.4) is 0 Å². The van der Waals surface area contributed by atoms with Crippen LogP contribution in [0.25, 0.3) is 0 Å². The van der Waals surface area contributed by atoms with E-state index in [1.54, 1.807) is 0 Å². The largest absolute Gasteiger partial charge is 0.462 e. The molecule has 0 saturated heterocycles. The Hall–Kier alpha value is -3.41. The summed E-state index contributed by atoms with van der Waals surface area (Å²) in [6.07, 6.45) is 83.1. The SMILES string of the molecule is CC/C=C\C/C=C\C/C=C\CCCCCCCCCC(=O)OC(COC(=O)CCCCCCC/C=C\C/C=C\C/C=C\CC)COC(=O)CCCCCCCCCCCCCCC/C=C\CCCCCCCCCC. The molecule has 0 aliphatic rings. The number of rotatable bonds is 58. The summed E-state index contributed by atoms with van der Waals surface area (Å²) in [6.45, 7) is 6.43. The van der Waals surface area contributed by atoms with E-state index in [9.17, 15) is 14.4 Å². The Morgan fingerprint density at radius 3 is 0.827 bits per heavy atom. The van der Waals surface area contributed by atoms with E-state index < -0.39 is 6.10 Å². The maximum atomic E-state index is 12.9. The van der Waals surface area contributed by atoms with Crippen LogP contribution in [0.2, 0.25) is 0 Å². The van der Waals surface area contributed by atoms with Crippen molar-refractivity contribution >= 4 is 17.9 Å². The molecule has 6 heteroatoms. The molecule has 0 N–H and O–H groups in total. The summed E-state index contributed by atoms with van der Waals surface area (Å²) < 4.78 is 16.9. The average Bonchev–Trinajstić information content (AvgIpc) is 3.41. The van der Waals surface area contributed by atoms with Gasteiger partial charge in [0, 0.05) is 19.3 Å². The molecule has 0 heterocycles. The van der Waals surface area contributed by atoms with Gasteiger partial charge < -0.3 is 14.2 Å². The van der Waals surface area contributed by atoms with Crippen LogP contribution in [0.4, 0.5) is 0 Å². The van der Waals surface area contributed by atoms with E-state index in [1.165, 1.54) is 154 Å². The van der Waals surface area contributed by atoms with Crippen molar-refractivity contribution in [3.63, 3.8) is 0 Å². The van der Waals surface area contributed by atoms with Crippen molar-refractivity contribution in [2.24, 2.45) is 0 Å². The van der Waals surface area contributed by atoms with Gasteiger partial charge in [-0.2, -0.15) is 0 Å². The van der Waals surface area contributed by atoms with Gasteiger partial charge in [-0.15, -0.1) is 0 Å². The first-order valence-electron chi connectivity index (χ1n) is 32.1. The van der Waals surface area contributed by atoms with Gasteiger partial charge in [-0.05, 0) is 109 Å². The number of hydrogen-bond acceptors (Lipinski definition) is 6.